The Labute approximate surface area is 393 Å². The van der Waals surface area contributed by atoms with Crippen LogP contribution in [0, 0.1) is 0 Å². The van der Waals surface area contributed by atoms with Gasteiger partial charge in [0, 0.05) is 19.3 Å². The van der Waals surface area contributed by atoms with Crippen molar-refractivity contribution in [1.82, 2.24) is 0 Å². The quantitative estimate of drug-likeness (QED) is 0.0344. The van der Waals surface area contributed by atoms with Crippen LogP contribution in [0.1, 0.15) is 329 Å². The van der Waals surface area contributed by atoms with E-state index >= 15 is 0 Å². The first-order valence-electron chi connectivity index (χ1n) is 28.5. The number of rotatable bonds is 53. The Hall–Kier alpha value is -1.59. The molecule has 0 heterocycles. The molecule has 0 bridgehead atoms. The molecule has 0 saturated carbocycles. The SMILES string of the molecule is CCCCCCCCCCCCCCCCCCCCCCCCC(=O)OCC(COC(=O)CCCCCCCCC)OC(=O)CCCCCCCCCCCCCCCCCC. The van der Waals surface area contributed by atoms with E-state index in [1.807, 2.05) is 0 Å². The summed E-state index contributed by atoms with van der Waals surface area (Å²) in [5.74, 6) is -0.843. The first-order valence-corrected chi connectivity index (χ1v) is 28.5. The number of esters is 3. The molecule has 0 N–H and O–H groups in total. The van der Waals surface area contributed by atoms with Crippen molar-refractivity contribution in [2.45, 2.75) is 335 Å². The van der Waals surface area contributed by atoms with Crippen LogP contribution < -0.4 is 0 Å². The standard InChI is InChI=1S/C57H110O6/c1-4-7-10-13-16-18-20-22-24-26-27-28-29-30-31-33-34-36-38-41-44-47-50-56(59)62-53-54(52-61-55(58)49-46-43-40-15-12-9-6-3)63-57(60)51-48-45-42-39-37-35-32-25-23-21-19-17-14-11-8-5-2/h54H,4-53H2,1-3H3. The van der Waals surface area contributed by atoms with Crippen molar-refractivity contribution in [2.24, 2.45) is 0 Å². The van der Waals surface area contributed by atoms with E-state index in [4.69, 9.17) is 14.2 Å². The van der Waals surface area contributed by atoms with E-state index in [1.165, 1.54) is 231 Å². The summed E-state index contributed by atoms with van der Waals surface area (Å²) in [4.78, 5) is 37.9. The second-order valence-electron chi connectivity index (χ2n) is 19.6. The van der Waals surface area contributed by atoms with Gasteiger partial charge < -0.3 is 14.2 Å². The molecule has 0 aromatic rings. The average molecular weight is 892 g/mol. The Morgan fingerprint density at radius 1 is 0.254 bits per heavy atom. The normalized spacial score (nSPS) is 11.9. The Balaban J connectivity index is 4.10. The van der Waals surface area contributed by atoms with E-state index in [0.717, 1.165) is 57.8 Å². The van der Waals surface area contributed by atoms with Crippen molar-refractivity contribution in [3.05, 3.63) is 0 Å². The van der Waals surface area contributed by atoms with Gasteiger partial charge >= 0.3 is 17.9 Å². The van der Waals surface area contributed by atoms with Crippen molar-refractivity contribution >= 4 is 17.9 Å². The lowest BCUT2D eigenvalue weighted by Gasteiger charge is -2.18. The minimum absolute atomic E-state index is 0.0620. The van der Waals surface area contributed by atoms with E-state index in [9.17, 15) is 14.4 Å². The number of unbranched alkanes of at least 4 members (excludes halogenated alkanes) is 42. The van der Waals surface area contributed by atoms with Gasteiger partial charge in [-0.3, -0.25) is 14.4 Å². The topological polar surface area (TPSA) is 78.9 Å². The van der Waals surface area contributed by atoms with Crippen LogP contribution in [-0.4, -0.2) is 37.2 Å². The molecule has 0 fully saturated rings. The van der Waals surface area contributed by atoms with Crippen molar-refractivity contribution in [1.29, 1.82) is 0 Å². The maximum atomic E-state index is 12.8. The van der Waals surface area contributed by atoms with Gasteiger partial charge in [-0.15, -0.1) is 0 Å². The highest BCUT2D eigenvalue weighted by Gasteiger charge is 2.19. The molecule has 0 rings (SSSR count). The smallest absolute Gasteiger partial charge is 0.306 e. The summed E-state index contributed by atoms with van der Waals surface area (Å²) in [6.07, 6.45) is 58.3. The van der Waals surface area contributed by atoms with Gasteiger partial charge in [-0.1, -0.05) is 290 Å². The molecule has 0 aliphatic carbocycles. The molecule has 374 valence electrons. The minimum Gasteiger partial charge on any atom is -0.462 e. The maximum Gasteiger partial charge on any atom is 0.306 e. The van der Waals surface area contributed by atoms with Crippen molar-refractivity contribution in [2.75, 3.05) is 13.2 Å². The van der Waals surface area contributed by atoms with Gasteiger partial charge in [-0.2, -0.15) is 0 Å². The van der Waals surface area contributed by atoms with E-state index in [0.29, 0.717) is 19.3 Å². The Kier molecular flexibility index (Phi) is 51.7. The van der Waals surface area contributed by atoms with Crippen molar-refractivity contribution < 1.29 is 28.6 Å². The summed E-state index contributed by atoms with van der Waals surface area (Å²) in [6, 6.07) is 0. The predicted molar refractivity (Wildman–Crippen MR) is 270 cm³/mol. The fraction of sp³-hybridized carbons (Fsp3) is 0.947. The maximum absolute atomic E-state index is 12.8. The molecular weight excluding hydrogens is 781 g/mol. The molecule has 0 aliphatic rings. The van der Waals surface area contributed by atoms with Crippen LogP contribution >= 0.6 is 0 Å². The first kappa shape index (κ1) is 61.4. The van der Waals surface area contributed by atoms with Crippen LogP contribution in [0.2, 0.25) is 0 Å². The highest BCUT2D eigenvalue weighted by atomic mass is 16.6. The fourth-order valence-corrected chi connectivity index (χ4v) is 8.80. The van der Waals surface area contributed by atoms with E-state index < -0.39 is 6.10 Å². The molecule has 1 atom stereocenters. The zero-order valence-electron chi connectivity index (χ0n) is 42.9. The molecule has 6 heteroatoms. The van der Waals surface area contributed by atoms with E-state index in [1.54, 1.807) is 0 Å². The third-order valence-electron chi connectivity index (χ3n) is 13.1. The second-order valence-corrected chi connectivity index (χ2v) is 19.6. The Morgan fingerprint density at radius 3 is 0.635 bits per heavy atom. The van der Waals surface area contributed by atoms with Gasteiger partial charge in [0.05, 0.1) is 0 Å². The van der Waals surface area contributed by atoms with Gasteiger partial charge in [0.15, 0.2) is 6.10 Å². The van der Waals surface area contributed by atoms with Crippen LogP contribution in [0.4, 0.5) is 0 Å². The van der Waals surface area contributed by atoms with Crippen LogP contribution in [0.15, 0.2) is 0 Å². The van der Waals surface area contributed by atoms with Crippen molar-refractivity contribution in [3.63, 3.8) is 0 Å². The summed E-state index contributed by atoms with van der Waals surface area (Å²) in [5, 5.41) is 0. The molecule has 6 nitrogen and oxygen atoms in total. The number of hydrogen-bond donors (Lipinski definition) is 0. The lowest BCUT2D eigenvalue weighted by molar-refractivity contribution is -0.167. The van der Waals surface area contributed by atoms with Gasteiger partial charge in [-0.25, -0.2) is 0 Å². The first-order chi connectivity index (χ1) is 31.0. The van der Waals surface area contributed by atoms with Crippen molar-refractivity contribution in [3.8, 4) is 0 Å². The van der Waals surface area contributed by atoms with Crippen LogP contribution in [0.25, 0.3) is 0 Å². The molecule has 0 spiro atoms. The van der Waals surface area contributed by atoms with Crippen LogP contribution in [0.5, 0.6) is 0 Å². The van der Waals surface area contributed by atoms with Crippen LogP contribution in [-0.2, 0) is 28.6 Å². The van der Waals surface area contributed by atoms with Gasteiger partial charge in [0.1, 0.15) is 13.2 Å². The molecular formula is C57H110O6. The molecule has 0 aromatic heterocycles. The minimum atomic E-state index is -0.759. The predicted octanol–water partition coefficient (Wildman–Crippen LogP) is 18.8. The Morgan fingerprint density at radius 2 is 0.429 bits per heavy atom. The number of ether oxygens (including phenoxy) is 3. The van der Waals surface area contributed by atoms with Crippen LogP contribution in [0.3, 0.4) is 0 Å². The molecule has 0 radical (unpaired) electrons. The molecule has 0 aromatic carbocycles. The highest BCUT2D eigenvalue weighted by molar-refractivity contribution is 5.71. The number of hydrogen-bond acceptors (Lipinski definition) is 6. The summed E-state index contributed by atoms with van der Waals surface area (Å²) < 4.78 is 16.8. The zero-order chi connectivity index (χ0) is 45.8. The molecule has 1 unspecified atom stereocenters. The lowest BCUT2D eigenvalue weighted by Crippen LogP contribution is -2.30. The van der Waals surface area contributed by atoms with E-state index in [-0.39, 0.29) is 31.1 Å². The molecule has 0 aliphatic heterocycles. The van der Waals surface area contributed by atoms with Gasteiger partial charge in [0.2, 0.25) is 0 Å². The second kappa shape index (κ2) is 53.0. The molecule has 0 saturated heterocycles. The monoisotopic (exact) mass is 891 g/mol. The van der Waals surface area contributed by atoms with Gasteiger partial charge in [0.25, 0.3) is 0 Å². The summed E-state index contributed by atoms with van der Waals surface area (Å²) >= 11 is 0. The fourth-order valence-electron chi connectivity index (χ4n) is 8.80. The number of carbonyl (C=O) groups is 3. The summed E-state index contributed by atoms with van der Waals surface area (Å²) in [7, 11) is 0. The number of carbonyl (C=O) groups excluding carboxylic acids is 3. The highest BCUT2D eigenvalue weighted by Crippen LogP contribution is 2.18. The molecule has 0 amide bonds. The Bertz CT molecular complexity index is 936. The summed E-state index contributed by atoms with van der Waals surface area (Å²) in [6.45, 7) is 6.66. The van der Waals surface area contributed by atoms with E-state index in [2.05, 4.69) is 20.8 Å². The van der Waals surface area contributed by atoms with Gasteiger partial charge in [-0.05, 0) is 19.3 Å². The summed E-state index contributed by atoms with van der Waals surface area (Å²) in [5.41, 5.74) is 0. The lowest BCUT2D eigenvalue weighted by atomic mass is 10.0. The average Bonchev–Trinajstić information content (AvgIpc) is 3.28. The third kappa shape index (κ3) is 51.3. The zero-order valence-corrected chi connectivity index (χ0v) is 42.9. The third-order valence-corrected chi connectivity index (χ3v) is 13.1. The largest absolute Gasteiger partial charge is 0.462 e. The molecule has 63 heavy (non-hydrogen) atoms.